The summed E-state index contributed by atoms with van der Waals surface area (Å²) in [5.74, 6) is 1.40. The first kappa shape index (κ1) is 44.4. The summed E-state index contributed by atoms with van der Waals surface area (Å²) in [5, 5.41) is 7.36. The molecule has 334 valence electrons. The topological polar surface area (TPSA) is 3.24 Å². The number of nitrogens with zero attached hydrogens (tertiary/aromatic N) is 1. The van der Waals surface area contributed by atoms with Crippen LogP contribution in [0.4, 0.5) is 17.1 Å². The molecular formula is C67H61N. The van der Waals surface area contributed by atoms with E-state index >= 15 is 0 Å². The molecule has 0 aliphatic rings. The van der Waals surface area contributed by atoms with Crippen molar-refractivity contribution in [3.05, 3.63) is 228 Å². The van der Waals surface area contributed by atoms with Crippen molar-refractivity contribution in [2.24, 2.45) is 0 Å². The van der Waals surface area contributed by atoms with Crippen molar-refractivity contribution in [3.8, 4) is 44.5 Å². The van der Waals surface area contributed by atoms with Crippen LogP contribution in [-0.4, -0.2) is 0 Å². The van der Waals surface area contributed by atoms with Gasteiger partial charge in [0.15, 0.2) is 0 Å². The summed E-state index contributed by atoms with van der Waals surface area (Å²) in [6.07, 6.45) is 1.98. The molecule has 0 unspecified atom stereocenters. The summed E-state index contributed by atoms with van der Waals surface area (Å²) < 4.78 is 0. The predicted molar refractivity (Wildman–Crippen MR) is 297 cm³/mol. The fourth-order valence-electron chi connectivity index (χ4n) is 10.4. The molecule has 0 amide bonds. The van der Waals surface area contributed by atoms with Gasteiger partial charge in [-0.3, -0.25) is 0 Å². The largest absolute Gasteiger partial charge is 0.310 e. The quantitative estimate of drug-likeness (QED) is 0.117. The van der Waals surface area contributed by atoms with E-state index in [4.69, 9.17) is 0 Å². The number of benzene rings is 10. The van der Waals surface area contributed by atoms with Crippen molar-refractivity contribution in [1.29, 1.82) is 0 Å². The number of hydrogen-bond donors (Lipinski definition) is 0. The number of hydrogen-bond acceptors (Lipinski definition) is 1. The molecule has 1 nitrogen and oxygen atoms in total. The first-order valence-electron chi connectivity index (χ1n) is 24.4. The molecule has 1 heteroatoms. The number of aryl methyl sites for hydroxylation is 2. The standard InChI is InChI=1S/C67H61N/c1-10-47-38-63-59-17-13-14-18-60(59)66(41-64(63)58-16-12-11-15-57(47)58)68(65-36-19-45(8)37-46(65)9)56-34-32-53(33-35-56)51-26-24-49(25-27-51)48-20-22-50(23-21-48)52-28-30-54(31-29-52)67-61(43(4)5)39-55(42(2)3)40-62(67)44(6)7/h10-44H,1H2,2-9H3. The minimum absolute atomic E-state index is 0.449. The zero-order valence-electron chi connectivity index (χ0n) is 40.9. The Bertz CT molecular complexity index is 3450. The summed E-state index contributed by atoms with van der Waals surface area (Å²) in [6.45, 7) is 22.5. The molecule has 0 N–H and O–H groups in total. The molecule has 0 spiro atoms. The lowest BCUT2D eigenvalue weighted by Crippen LogP contribution is -2.12. The molecule has 0 heterocycles. The highest BCUT2D eigenvalue weighted by Crippen LogP contribution is 2.46. The molecule has 0 radical (unpaired) electrons. The van der Waals surface area contributed by atoms with E-state index in [1.165, 1.54) is 110 Å². The summed E-state index contributed by atoms with van der Waals surface area (Å²) >= 11 is 0. The lowest BCUT2D eigenvalue weighted by atomic mass is 9.81. The van der Waals surface area contributed by atoms with Crippen molar-refractivity contribution in [2.45, 2.75) is 73.1 Å². The Kier molecular flexibility index (Phi) is 11.9. The van der Waals surface area contributed by atoms with Crippen LogP contribution in [0, 0.1) is 13.8 Å². The molecule has 10 aromatic rings. The van der Waals surface area contributed by atoms with Crippen LogP contribution in [0.5, 0.6) is 0 Å². The SMILES string of the molecule is C=Cc1cc2c3ccccc3c(N(c3ccc(-c4ccc(-c5ccc(-c6ccc(-c7c(C(C)C)cc(C(C)C)cc7C(C)C)cc6)cc5)cc4)cc3)c3ccc(C)cc3C)cc2c2ccccc12. The van der Waals surface area contributed by atoms with Crippen LogP contribution < -0.4 is 4.90 Å². The van der Waals surface area contributed by atoms with E-state index in [0.29, 0.717) is 17.8 Å². The van der Waals surface area contributed by atoms with Crippen molar-refractivity contribution < 1.29 is 0 Å². The smallest absolute Gasteiger partial charge is 0.0546 e. The summed E-state index contributed by atoms with van der Waals surface area (Å²) in [4.78, 5) is 2.45. The zero-order valence-corrected chi connectivity index (χ0v) is 40.9. The second-order valence-corrected chi connectivity index (χ2v) is 19.7. The third-order valence-corrected chi connectivity index (χ3v) is 14.1. The van der Waals surface area contributed by atoms with Gasteiger partial charge in [0, 0.05) is 16.8 Å². The molecular weight excluding hydrogens is 819 g/mol. The Morgan fingerprint density at radius 3 is 1.26 bits per heavy atom. The van der Waals surface area contributed by atoms with Crippen LogP contribution in [0.2, 0.25) is 0 Å². The number of fused-ring (bicyclic) bond motifs is 5. The Morgan fingerprint density at radius 2 is 0.809 bits per heavy atom. The fourth-order valence-corrected chi connectivity index (χ4v) is 10.4. The van der Waals surface area contributed by atoms with E-state index in [1.54, 1.807) is 0 Å². The molecule has 0 fully saturated rings. The average molecular weight is 880 g/mol. The van der Waals surface area contributed by atoms with Crippen molar-refractivity contribution >= 4 is 55.5 Å². The molecule has 0 aliphatic carbocycles. The van der Waals surface area contributed by atoms with Gasteiger partial charge in [0.1, 0.15) is 0 Å². The van der Waals surface area contributed by atoms with Crippen molar-refractivity contribution in [2.75, 3.05) is 4.90 Å². The van der Waals surface area contributed by atoms with Crippen molar-refractivity contribution in [3.63, 3.8) is 0 Å². The molecule has 0 aromatic heterocycles. The van der Waals surface area contributed by atoms with Crippen LogP contribution >= 0.6 is 0 Å². The van der Waals surface area contributed by atoms with E-state index in [0.717, 1.165) is 16.9 Å². The van der Waals surface area contributed by atoms with E-state index < -0.39 is 0 Å². The third kappa shape index (κ3) is 8.22. The second kappa shape index (κ2) is 18.3. The second-order valence-electron chi connectivity index (χ2n) is 19.7. The van der Waals surface area contributed by atoms with E-state index in [9.17, 15) is 0 Å². The van der Waals surface area contributed by atoms with Gasteiger partial charge in [-0.25, -0.2) is 0 Å². The average Bonchev–Trinajstić information content (AvgIpc) is 3.36. The molecule has 10 rings (SSSR count). The Balaban J connectivity index is 0.944. The van der Waals surface area contributed by atoms with Gasteiger partial charge in [0.25, 0.3) is 0 Å². The monoisotopic (exact) mass is 879 g/mol. The number of rotatable bonds is 11. The Labute approximate surface area is 404 Å². The molecule has 10 aromatic carbocycles. The lowest BCUT2D eigenvalue weighted by molar-refractivity contribution is 0.807. The summed E-state index contributed by atoms with van der Waals surface area (Å²) in [7, 11) is 0. The highest BCUT2D eigenvalue weighted by Gasteiger charge is 2.22. The highest BCUT2D eigenvalue weighted by molar-refractivity contribution is 6.23. The zero-order chi connectivity index (χ0) is 47.2. The normalized spacial score (nSPS) is 11.7. The summed E-state index contributed by atoms with van der Waals surface area (Å²) in [5.41, 5.74) is 21.4. The van der Waals surface area contributed by atoms with Crippen LogP contribution in [0.25, 0.3) is 82.9 Å². The molecule has 0 saturated carbocycles. The van der Waals surface area contributed by atoms with Crippen LogP contribution in [0.1, 0.15) is 92.7 Å². The Morgan fingerprint density at radius 1 is 0.382 bits per heavy atom. The summed E-state index contributed by atoms with van der Waals surface area (Å²) in [6, 6.07) is 70.3. The van der Waals surface area contributed by atoms with E-state index in [-0.39, 0.29) is 0 Å². The van der Waals surface area contributed by atoms with Gasteiger partial charge in [-0.2, -0.15) is 0 Å². The molecule has 68 heavy (non-hydrogen) atoms. The fraction of sp³-hybridized carbons (Fsp3) is 0.164. The maximum absolute atomic E-state index is 4.18. The van der Waals surface area contributed by atoms with Crippen LogP contribution in [0.15, 0.2) is 195 Å². The van der Waals surface area contributed by atoms with Gasteiger partial charge in [-0.05, 0) is 161 Å². The van der Waals surface area contributed by atoms with Gasteiger partial charge in [0.2, 0.25) is 0 Å². The minimum atomic E-state index is 0.449. The Hall–Kier alpha value is -7.48. The predicted octanol–water partition coefficient (Wildman–Crippen LogP) is 19.9. The first-order valence-corrected chi connectivity index (χ1v) is 24.4. The van der Waals surface area contributed by atoms with E-state index in [1.807, 2.05) is 6.08 Å². The lowest BCUT2D eigenvalue weighted by Gasteiger charge is -2.29. The van der Waals surface area contributed by atoms with Crippen LogP contribution in [0.3, 0.4) is 0 Å². The van der Waals surface area contributed by atoms with Gasteiger partial charge >= 0.3 is 0 Å². The first-order chi connectivity index (χ1) is 33.0. The third-order valence-electron chi connectivity index (χ3n) is 14.1. The van der Waals surface area contributed by atoms with Gasteiger partial charge in [0.05, 0.1) is 5.69 Å². The molecule has 0 atom stereocenters. The maximum atomic E-state index is 4.18. The molecule has 0 aliphatic heterocycles. The van der Waals surface area contributed by atoms with Gasteiger partial charge < -0.3 is 4.90 Å². The van der Waals surface area contributed by atoms with Crippen LogP contribution in [-0.2, 0) is 0 Å². The van der Waals surface area contributed by atoms with Crippen molar-refractivity contribution in [1.82, 2.24) is 0 Å². The molecule has 0 bridgehead atoms. The highest BCUT2D eigenvalue weighted by atomic mass is 15.1. The number of anilines is 3. The van der Waals surface area contributed by atoms with E-state index in [2.05, 4.69) is 255 Å². The minimum Gasteiger partial charge on any atom is -0.310 e. The van der Waals surface area contributed by atoms with Gasteiger partial charge in [-0.15, -0.1) is 0 Å². The van der Waals surface area contributed by atoms with Gasteiger partial charge in [-0.1, -0.05) is 217 Å². The molecule has 0 saturated heterocycles. The maximum Gasteiger partial charge on any atom is 0.0546 e.